The number of benzene rings is 1. The smallest absolute Gasteiger partial charge is 0.278 e. The van der Waals surface area contributed by atoms with E-state index in [0.29, 0.717) is 13.0 Å². The largest absolute Gasteiger partial charge is 0.383 e. The van der Waals surface area contributed by atoms with Crippen molar-refractivity contribution in [3.05, 3.63) is 40.2 Å². The van der Waals surface area contributed by atoms with E-state index in [9.17, 15) is 9.59 Å². The minimum absolute atomic E-state index is 0.0343. The van der Waals surface area contributed by atoms with Crippen LogP contribution in [-0.4, -0.2) is 35.2 Å². The highest BCUT2D eigenvalue weighted by Gasteiger charge is 2.27. The average Bonchev–Trinajstić information content (AvgIpc) is 2.53. The molecule has 0 saturated heterocycles. The van der Waals surface area contributed by atoms with Gasteiger partial charge in [-0.05, 0) is 19.1 Å². The highest BCUT2D eigenvalue weighted by molar-refractivity contribution is 5.93. The number of nitrogens with zero attached hydrogens (tertiary/aromatic N) is 3. The molecule has 1 aromatic carbocycles. The van der Waals surface area contributed by atoms with E-state index in [0.717, 1.165) is 11.3 Å². The van der Waals surface area contributed by atoms with Gasteiger partial charge in [0.15, 0.2) is 11.5 Å². The van der Waals surface area contributed by atoms with Gasteiger partial charge in [-0.1, -0.05) is 17.7 Å². The second kappa shape index (κ2) is 5.91. The minimum Gasteiger partial charge on any atom is -0.383 e. The standard InChI is InChI=1S/C15H16N6O2/c1-9-2-4-10(5-3-9)17-6-11-7-18-13-12(21(11)8-22)14(23)20-15(16)19-13/h2-5,7-8,11,17H,6H2,1H3,(H3,16,19,20,23)/t11-/m1/s1. The molecule has 1 aromatic heterocycles. The minimum atomic E-state index is -0.489. The van der Waals surface area contributed by atoms with Crippen LogP contribution >= 0.6 is 0 Å². The molecule has 8 heteroatoms. The zero-order chi connectivity index (χ0) is 16.4. The van der Waals surface area contributed by atoms with Gasteiger partial charge in [0.2, 0.25) is 12.4 Å². The first-order valence-electron chi connectivity index (χ1n) is 7.06. The van der Waals surface area contributed by atoms with Crippen LogP contribution in [0.15, 0.2) is 34.1 Å². The number of carbonyl (C=O) groups excluding carboxylic acids is 1. The molecular formula is C15H16N6O2. The van der Waals surface area contributed by atoms with E-state index in [1.807, 2.05) is 31.2 Å². The Bertz CT molecular complexity index is 812. The monoisotopic (exact) mass is 312 g/mol. The van der Waals surface area contributed by atoms with Crippen LogP contribution in [0.2, 0.25) is 0 Å². The summed E-state index contributed by atoms with van der Waals surface area (Å²) in [6.07, 6.45) is 2.17. The van der Waals surface area contributed by atoms with Gasteiger partial charge in [-0.2, -0.15) is 4.98 Å². The molecule has 0 fully saturated rings. The number of aromatic nitrogens is 2. The predicted molar refractivity (Wildman–Crippen MR) is 89.4 cm³/mol. The maximum absolute atomic E-state index is 12.0. The highest BCUT2D eigenvalue weighted by atomic mass is 16.1. The maximum Gasteiger partial charge on any atom is 0.278 e. The fourth-order valence-electron chi connectivity index (χ4n) is 2.36. The summed E-state index contributed by atoms with van der Waals surface area (Å²) >= 11 is 0. The van der Waals surface area contributed by atoms with Gasteiger partial charge in [0, 0.05) is 18.4 Å². The number of carbonyl (C=O) groups is 1. The molecule has 118 valence electrons. The van der Waals surface area contributed by atoms with E-state index >= 15 is 0 Å². The van der Waals surface area contributed by atoms with Crippen molar-refractivity contribution in [1.82, 2.24) is 9.97 Å². The lowest BCUT2D eigenvalue weighted by Gasteiger charge is -2.28. The van der Waals surface area contributed by atoms with E-state index in [4.69, 9.17) is 5.73 Å². The number of fused-ring (bicyclic) bond motifs is 1. The molecule has 8 nitrogen and oxygen atoms in total. The zero-order valence-electron chi connectivity index (χ0n) is 12.5. The Morgan fingerprint density at radius 2 is 2.13 bits per heavy atom. The number of hydrogen-bond donors (Lipinski definition) is 3. The van der Waals surface area contributed by atoms with E-state index in [1.165, 1.54) is 4.90 Å². The topological polar surface area (TPSA) is 116 Å². The van der Waals surface area contributed by atoms with Crippen LogP contribution in [0, 0.1) is 6.92 Å². The van der Waals surface area contributed by atoms with Gasteiger partial charge in [0.25, 0.3) is 5.56 Å². The molecule has 3 rings (SSSR count). The van der Waals surface area contributed by atoms with Crippen LogP contribution < -0.4 is 21.5 Å². The number of nitrogens with two attached hydrogens (primary N) is 1. The summed E-state index contributed by atoms with van der Waals surface area (Å²) < 4.78 is 0. The van der Waals surface area contributed by atoms with Crippen molar-refractivity contribution in [2.45, 2.75) is 13.0 Å². The summed E-state index contributed by atoms with van der Waals surface area (Å²) in [5.74, 6) is 0.109. The second-order valence-electron chi connectivity index (χ2n) is 5.23. The second-order valence-corrected chi connectivity index (χ2v) is 5.23. The van der Waals surface area contributed by atoms with Crippen molar-refractivity contribution in [3.8, 4) is 0 Å². The quantitative estimate of drug-likeness (QED) is 0.723. The fourth-order valence-corrected chi connectivity index (χ4v) is 2.36. The number of amides is 1. The molecule has 0 unspecified atom stereocenters. The molecule has 0 radical (unpaired) electrons. The SMILES string of the molecule is Cc1ccc(NC[C@@H]2C=Nc3nc(N)[nH]c(=O)c3N2C=O)cc1. The summed E-state index contributed by atoms with van der Waals surface area (Å²) in [5, 5.41) is 3.22. The molecule has 1 aliphatic rings. The Morgan fingerprint density at radius 3 is 2.83 bits per heavy atom. The van der Waals surface area contributed by atoms with E-state index < -0.39 is 11.6 Å². The molecule has 1 amide bonds. The third-order valence-electron chi connectivity index (χ3n) is 3.56. The Labute approximate surface area is 132 Å². The van der Waals surface area contributed by atoms with Gasteiger partial charge >= 0.3 is 0 Å². The highest BCUT2D eigenvalue weighted by Crippen LogP contribution is 2.26. The van der Waals surface area contributed by atoms with E-state index in [1.54, 1.807) is 6.21 Å². The maximum atomic E-state index is 12.0. The molecule has 2 aromatic rings. The zero-order valence-corrected chi connectivity index (χ0v) is 12.5. The van der Waals surface area contributed by atoms with Gasteiger partial charge in [0.05, 0.1) is 6.04 Å². The van der Waals surface area contributed by atoms with Crippen molar-refractivity contribution in [1.29, 1.82) is 0 Å². The summed E-state index contributed by atoms with van der Waals surface area (Å²) in [4.78, 5) is 35.3. The third kappa shape index (κ3) is 2.91. The molecule has 0 bridgehead atoms. The van der Waals surface area contributed by atoms with Crippen LogP contribution in [0.5, 0.6) is 0 Å². The Balaban J connectivity index is 1.83. The Morgan fingerprint density at radius 1 is 1.39 bits per heavy atom. The van der Waals surface area contributed by atoms with Gasteiger partial charge in [-0.25, -0.2) is 4.99 Å². The van der Waals surface area contributed by atoms with Crippen LogP contribution in [0.1, 0.15) is 5.56 Å². The number of hydrogen-bond acceptors (Lipinski definition) is 6. The van der Waals surface area contributed by atoms with Crippen molar-refractivity contribution in [3.63, 3.8) is 0 Å². The molecule has 1 aliphatic heterocycles. The van der Waals surface area contributed by atoms with Gasteiger partial charge in [-0.3, -0.25) is 19.5 Å². The Hall–Kier alpha value is -3.16. The first-order chi connectivity index (χ1) is 11.1. The van der Waals surface area contributed by atoms with E-state index in [2.05, 4.69) is 20.3 Å². The number of aromatic amines is 1. The number of H-pyrrole nitrogens is 1. The van der Waals surface area contributed by atoms with E-state index in [-0.39, 0.29) is 17.5 Å². The molecule has 2 heterocycles. The molecule has 23 heavy (non-hydrogen) atoms. The van der Waals surface area contributed by atoms with Crippen LogP contribution in [0.4, 0.5) is 23.1 Å². The number of aliphatic imine (C=N–C) groups is 1. The molecule has 0 aliphatic carbocycles. The molecular weight excluding hydrogens is 296 g/mol. The lowest BCUT2D eigenvalue weighted by atomic mass is 10.2. The predicted octanol–water partition coefficient (Wildman–Crippen LogP) is 0.820. The first-order valence-corrected chi connectivity index (χ1v) is 7.06. The molecule has 4 N–H and O–H groups in total. The van der Waals surface area contributed by atoms with Crippen LogP contribution in [0.3, 0.4) is 0 Å². The normalized spacial score (nSPS) is 16.0. The van der Waals surface area contributed by atoms with Crippen molar-refractivity contribution in [2.24, 2.45) is 4.99 Å². The summed E-state index contributed by atoms with van der Waals surface area (Å²) in [6.45, 7) is 2.42. The summed E-state index contributed by atoms with van der Waals surface area (Å²) in [7, 11) is 0. The van der Waals surface area contributed by atoms with Gasteiger partial charge in [0.1, 0.15) is 0 Å². The molecule has 1 atom stereocenters. The lowest BCUT2D eigenvalue weighted by molar-refractivity contribution is -0.107. The van der Waals surface area contributed by atoms with Crippen molar-refractivity contribution < 1.29 is 4.79 Å². The molecule has 0 saturated carbocycles. The first kappa shape index (κ1) is 14.8. The van der Waals surface area contributed by atoms with Crippen molar-refractivity contribution >= 4 is 35.8 Å². The third-order valence-corrected chi connectivity index (χ3v) is 3.56. The van der Waals surface area contributed by atoms with Gasteiger partial charge in [-0.15, -0.1) is 0 Å². The molecule has 0 spiro atoms. The number of nitrogens with one attached hydrogen (secondary N) is 2. The van der Waals surface area contributed by atoms with Gasteiger partial charge < -0.3 is 11.1 Å². The number of anilines is 3. The number of aryl methyl sites for hydroxylation is 1. The Kier molecular flexibility index (Phi) is 3.80. The summed E-state index contributed by atoms with van der Waals surface area (Å²) in [5.41, 5.74) is 7.19. The fraction of sp³-hybridized carbons (Fsp3) is 0.200. The number of rotatable bonds is 4. The number of nitrogen functional groups attached to an aromatic ring is 1. The summed E-state index contributed by atoms with van der Waals surface area (Å²) in [6, 6.07) is 7.48. The van der Waals surface area contributed by atoms with Crippen molar-refractivity contribution in [2.75, 3.05) is 22.5 Å². The average molecular weight is 312 g/mol. The van der Waals surface area contributed by atoms with Crippen LogP contribution in [-0.2, 0) is 4.79 Å². The van der Waals surface area contributed by atoms with Crippen LogP contribution in [0.25, 0.3) is 0 Å². The lowest BCUT2D eigenvalue weighted by Crippen LogP contribution is -2.45.